The lowest BCUT2D eigenvalue weighted by atomic mass is 10.1. The molecule has 1 unspecified atom stereocenters. The van der Waals surface area contributed by atoms with E-state index in [4.69, 9.17) is 11.6 Å². The van der Waals surface area contributed by atoms with Crippen LogP contribution in [0.5, 0.6) is 0 Å². The van der Waals surface area contributed by atoms with Gasteiger partial charge in [-0.05, 0) is 38.7 Å². The maximum absolute atomic E-state index is 5.75. The first-order valence-electron chi connectivity index (χ1n) is 5.93. The van der Waals surface area contributed by atoms with Crippen molar-refractivity contribution in [2.75, 3.05) is 17.3 Å². The maximum atomic E-state index is 5.75. The van der Waals surface area contributed by atoms with Crippen LogP contribution in [0.25, 0.3) is 0 Å². The molecule has 2 rings (SSSR count). The number of halogens is 1. The number of nitrogens with zero attached hydrogens (tertiary/aromatic N) is 3. The van der Waals surface area contributed by atoms with E-state index < -0.39 is 0 Å². The van der Waals surface area contributed by atoms with Gasteiger partial charge in [0.25, 0.3) is 0 Å². The van der Waals surface area contributed by atoms with E-state index in [1.165, 1.54) is 19.3 Å². The lowest BCUT2D eigenvalue weighted by Crippen LogP contribution is -2.30. The Morgan fingerprint density at radius 2 is 2.44 bits per heavy atom. The van der Waals surface area contributed by atoms with Gasteiger partial charge in [-0.15, -0.1) is 11.6 Å². The highest BCUT2D eigenvalue weighted by Crippen LogP contribution is 2.26. The fourth-order valence-corrected chi connectivity index (χ4v) is 2.51. The van der Waals surface area contributed by atoms with Gasteiger partial charge in [-0.3, -0.25) is 0 Å². The molecule has 88 valence electrons. The smallest absolute Gasteiger partial charge is 0.132 e. The van der Waals surface area contributed by atoms with Crippen LogP contribution in [-0.2, 0) is 0 Å². The van der Waals surface area contributed by atoms with E-state index in [0.29, 0.717) is 6.04 Å². The standard InChI is InChI=1S/C12H18ClN3/c1-10-14-8-6-12(15-10)16-9-3-5-11(16)4-2-7-13/h6,8,11H,2-5,7,9H2,1H3. The normalized spacial score (nSPS) is 20.4. The topological polar surface area (TPSA) is 29.0 Å². The molecule has 0 aliphatic carbocycles. The van der Waals surface area contributed by atoms with Gasteiger partial charge in [0.15, 0.2) is 0 Å². The average Bonchev–Trinajstić information content (AvgIpc) is 2.74. The molecule has 1 aliphatic rings. The first-order chi connectivity index (χ1) is 7.81. The summed E-state index contributed by atoms with van der Waals surface area (Å²) in [6.45, 7) is 3.05. The van der Waals surface area contributed by atoms with E-state index in [1.807, 2.05) is 19.2 Å². The zero-order valence-corrected chi connectivity index (χ0v) is 10.5. The SMILES string of the molecule is Cc1nccc(N2CCCC2CCCCl)n1. The van der Waals surface area contributed by atoms with Gasteiger partial charge in [-0.1, -0.05) is 0 Å². The number of aryl methyl sites for hydroxylation is 1. The molecule has 0 N–H and O–H groups in total. The summed E-state index contributed by atoms with van der Waals surface area (Å²) < 4.78 is 0. The molecule has 0 bridgehead atoms. The molecule has 0 spiro atoms. The minimum Gasteiger partial charge on any atom is -0.354 e. The van der Waals surface area contributed by atoms with E-state index >= 15 is 0 Å². The van der Waals surface area contributed by atoms with Crippen LogP contribution in [0.15, 0.2) is 12.3 Å². The zero-order chi connectivity index (χ0) is 11.4. The van der Waals surface area contributed by atoms with Crippen molar-refractivity contribution < 1.29 is 0 Å². The number of hydrogen-bond acceptors (Lipinski definition) is 3. The third kappa shape index (κ3) is 2.64. The summed E-state index contributed by atoms with van der Waals surface area (Å²) in [6, 6.07) is 2.62. The third-order valence-corrected chi connectivity index (χ3v) is 3.37. The molecule has 0 aromatic carbocycles. The lowest BCUT2D eigenvalue weighted by molar-refractivity contribution is 0.597. The fraction of sp³-hybridized carbons (Fsp3) is 0.667. The van der Waals surface area contributed by atoms with Crippen molar-refractivity contribution in [3.8, 4) is 0 Å². The van der Waals surface area contributed by atoms with E-state index in [2.05, 4.69) is 14.9 Å². The molecule has 0 radical (unpaired) electrons. The summed E-state index contributed by atoms with van der Waals surface area (Å²) in [4.78, 5) is 11.0. The predicted molar refractivity (Wildman–Crippen MR) is 67.1 cm³/mol. The summed E-state index contributed by atoms with van der Waals surface area (Å²) in [6.07, 6.45) is 6.63. The second-order valence-electron chi connectivity index (χ2n) is 4.28. The van der Waals surface area contributed by atoms with Crippen LogP contribution in [-0.4, -0.2) is 28.4 Å². The van der Waals surface area contributed by atoms with Gasteiger partial charge < -0.3 is 4.90 Å². The monoisotopic (exact) mass is 239 g/mol. The largest absolute Gasteiger partial charge is 0.354 e. The molecule has 3 nitrogen and oxygen atoms in total. The van der Waals surface area contributed by atoms with Crippen LogP contribution in [0.2, 0.25) is 0 Å². The van der Waals surface area contributed by atoms with Crippen molar-refractivity contribution in [1.29, 1.82) is 0 Å². The molecule has 1 aromatic heterocycles. The average molecular weight is 240 g/mol. The Bertz CT molecular complexity index is 343. The van der Waals surface area contributed by atoms with Gasteiger partial charge in [-0.25, -0.2) is 9.97 Å². The highest BCUT2D eigenvalue weighted by molar-refractivity contribution is 6.17. The molecular weight excluding hydrogens is 222 g/mol. The number of alkyl halides is 1. The van der Waals surface area contributed by atoms with Crippen molar-refractivity contribution in [1.82, 2.24) is 9.97 Å². The molecule has 1 saturated heterocycles. The predicted octanol–water partition coefficient (Wildman–Crippen LogP) is 2.77. The minimum atomic E-state index is 0.619. The Morgan fingerprint density at radius 3 is 3.19 bits per heavy atom. The molecule has 1 aromatic rings. The zero-order valence-electron chi connectivity index (χ0n) is 9.69. The van der Waals surface area contributed by atoms with Crippen LogP contribution < -0.4 is 4.90 Å². The summed E-state index contributed by atoms with van der Waals surface area (Å²) >= 11 is 5.75. The lowest BCUT2D eigenvalue weighted by Gasteiger charge is -2.25. The molecule has 4 heteroatoms. The molecule has 16 heavy (non-hydrogen) atoms. The first-order valence-corrected chi connectivity index (χ1v) is 6.47. The molecule has 0 saturated carbocycles. The number of hydrogen-bond donors (Lipinski definition) is 0. The van der Waals surface area contributed by atoms with Crippen molar-refractivity contribution in [2.24, 2.45) is 0 Å². The van der Waals surface area contributed by atoms with Gasteiger partial charge in [0.05, 0.1) is 0 Å². The minimum absolute atomic E-state index is 0.619. The van der Waals surface area contributed by atoms with E-state index in [0.717, 1.165) is 30.5 Å². The summed E-state index contributed by atoms with van der Waals surface area (Å²) in [5.41, 5.74) is 0. The van der Waals surface area contributed by atoms with Crippen LogP contribution >= 0.6 is 11.6 Å². The third-order valence-electron chi connectivity index (χ3n) is 3.10. The number of aromatic nitrogens is 2. The van der Waals surface area contributed by atoms with E-state index in [-0.39, 0.29) is 0 Å². The molecule has 1 atom stereocenters. The Balaban J connectivity index is 2.07. The molecular formula is C12H18ClN3. The summed E-state index contributed by atoms with van der Waals surface area (Å²) in [5.74, 6) is 2.68. The van der Waals surface area contributed by atoms with Gasteiger partial charge in [-0.2, -0.15) is 0 Å². The number of rotatable bonds is 4. The van der Waals surface area contributed by atoms with E-state index in [9.17, 15) is 0 Å². The summed E-state index contributed by atoms with van der Waals surface area (Å²) in [5, 5.41) is 0. The Labute approximate surface area is 102 Å². The summed E-state index contributed by atoms with van der Waals surface area (Å²) in [7, 11) is 0. The highest BCUT2D eigenvalue weighted by Gasteiger charge is 2.24. The van der Waals surface area contributed by atoms with Crippen LogP contribution in [0.1, 0.15) is 31.5 Å². The van der Waals surface area contributed by atoms with Crippen molar-refractivity contribution in [2.45, 2.75) is 38.6 Å². The van der Waals surface area contributed by atoms with Crippen LogP contribution in [0, 0.1) is 6.92 Å². The first kappa shape index (κ1) is 11.6. The fourth-order valence-electron chi connectivity index (χ4n) is 2.35. The maximum Gasteiger partial charge on any atom is 0.132 e. The van der Waals surface area contributed by atoms with Gasteiger partial charge in [0, 0.05) is 24.7 Å². The Morgan fingerprint density at radius 1 is 1.56 bits per heavy atom. The molecule has 2 heterocycles. The van der Waals surface area contributed by atoms with Crippen LogP contribution in [0.3, 0.4) is 0 Å². The van der Waals surface area contributed by atoms with E-state index in [1.54, 1.807) is 0 Å². The van der Waals surface area contributed by atoms with Crippen molar-refractivity contribution in [3.05, 3.63) is 18.1 Å². The van der Waals surface area contributed by atoms with Crippen molar-refractivity contribution >= 4 is 17.4 Å². The molecule has 1 fully saturated rings. The molecule has 1 aliphatic heterocycles. The Kier molecular flexibility index (Phi) is 3.99. The van der Waals surface area contributed by atoms with Crippen LogP contribution in [0.4, 0.5) is 5.82 Å². The highest BCUT2D eigenvalue weighted by atomic mass is 35.5. The van der Waals surface area contributed by atoms with Crippen molar-refractivity contribution in [3.63, 3.8) is 0 Å². The molecule has 0 amide bonds. The van der Waals surface area contributed by atoms with Gasteiger partial charge in [0.2, 0.25) is 0 Å². The second kappa shape index (κ2) is 5.48. The van der Waals surface area contributed by atoms with Gasteiger partial charge in [0.1, 0.15) is 11.6 Å². The second-order valence-corrected chi connectivity index (χ2v) is 4.66. The number of anilines is 1. The quantitative estimate of drug-likeness (QED) is 0.757. The van der Waals surface area contributed by atoms with Gasteiger partial charge >= 0.3 is 0 Å². The Hall–Kier alpha value is -0.830.